The Morgan fingerprint density at radius 3 is 2.00 bits per heavy atom. The summed E-state index contributed by atoms with van der Waals surface area (Å²) in [4.78, 5) is 2.44. The first-order chi connectivity index (χ1) is 16.2. The monoisotopic (exact) mass is 461 g/mol. The predicted molar refractivity (Wildman–Crippen MR) is 133 cm³/mol. The summed E-state index contributed by atoms with van der Waals surface area (Å²) >= 11 is 0. The van der Waals surface area contributed by atoms with Crippen molar-refractivity contribution in [2.24, 2.45) is 11.8 Å². The van der Waals surface area contributed by atoms with Gasteiger partial charge in [-0.2, -0.15) is 0 Å². The number of hydrogen-bond acceptors (Lipinski definition) is 4. The fraction of sp³-hybridized carbons (Fsp3) is 1.00. The number of nitrogens with zero attached hydrogens (tertiary/aromatic N) is 1. The Morgan fingerprint density at radius 1 is 0.545 bits per heavy atom. The molecule has 4 heterocycles. The van der Waals surface area contributed by atoms with Gasteiger partial charge < -0.3 is 14.6 Å². The molecule has 0 spiro atoms. The number of hydrogen-bond donors (Lipinski definition) is 1. The molecule has 33 heavy (non-hydrogen) atoms. The predicted octanol–water partition coefficient (Wildman–Crippen LogP) is 6.59. The number of rotatable bonds is 0. The van der Waals surface area contributed by atoms with Crippen LogP contribution in [0.1, 0.15) is 128 Å². The summed E-state index contributed by atoms with van der Waals surface area (Å²) in [6.45, 7) is 2.22. The fourth-order valence-electron chi connectivity index (χ4n) is 8.02. The highest BCUT2D eigenvalue weighted by molar-refractivity contribution is 4.95. The molecule has 0 radical (unpaired) electrons. The van der Waals surface area contributed by atoms with E-state index in [0.717, 1.165) is 57.0 Å². The van der Waals surface area contributed by atoms with Crippen molar-refractivity contribution in [2.75, 3.05) is 13.1 Å². The molecule has 0 amide bonds. The van der Waals surface area contributed by atoms with E-state index in [4.69, 9.17) is 9.47 Å². The van der Waals surface area contributed by atoms with Gasteiger partial charge >= 0.3 is 0 Å². The van der Waals surface area contributed by atoms with E-state index in [9.17, 15) is 5.11 Å². The fourth-order valence-corrected chi connectivity index (χ4v) is 8.02. The maximum Gasteiger partial charge on any atom is 0.140 e. The quantitative estimate of drug-likeness (QED) is 0.442. The van der Waals surface area contributed by atoms with E-state index in [1.54, 1.807) is 0 Å². The topological polar surface area (TPSA) is 41.9 Å². The molecular weight excluding hydrogens is 410 g/mol. The Kier molecular flexibility index (Phi) is 8.71. The third-order valence-corrected chi connectivity index (χ3v) is 9.93. The molecule has 5 rings (SSSR count). The van der Waals surface area contributed by atoms with Crippen LogP contribution in [-0.2, 0) is 9.47 Å². The van der Waals surface area contributed by atoms with E-state index in [1.807, 2.05) is 0 Å². The highest BCUT2D eigenvalue weighted by Gasteiger charge is 2.46. The molecule has 5 aliphatic rings. The highest BCUT2D eigenvalue weighted by atomic mass is 16.5. The van der Waals surface area contributed by atoms with Gasteiger partial charge in [-0.15, -0.1) is 0 Å². The summed E-state index contributed by atoms with van der Waals surface area (Å²) < 4.78 is 13.4. The van der Waals surface area contributed by atoms with Gasteiger partial charge in [0.25, 0.3) is 0 Å². The summed E-state index contributed by atoms with van der Waals surface area (Å²) in [5.74, 6) is 1.68. The lowest BCUT2D eigenvalue weighted by molar-refractivity contribution is -0.245. The Labute approximate surface area is 203 Å². The van der Waals surface area contributed by atoms with E-state index in [2.05, 4.69) is 4.90 Å². The van der Waals surface area contributed by atoms with Crippen molar-refractivity contribution in [3.8, 4) is 0 Å². The Hall–Kier alpha value is -0.160. The third kappa shape index (κ3) is 6.16. The van der Waals surface area contributed by atoms with Gasteiger partial charge in [-0.05, 0) is 82.5 Å². The molecule has 1 aliphatic carbocycles. The Morgan fingerprint density at radius 2 is 1.18 bits per heavy atom. The summed E-state index contributed by atoms with van der Waals surface area (Å²) in [6, 6.07) is 0. The van der Waals surface area contributed by atoms with E-state index < -0.39 is 5.60 Å². The Balaban J connectivity index is 1.19. The first kappa shape index (κ1) is 24.5. The summed E-state index contributed by atoms with van der Waals surface area (Å²) in [7, 11) is 0. The molecule has 0 aromatic heterocycles. The van der Waals surface area contributed by atoms with Crippen molar-refractivity contribution in [3.63, 3.8) is 0 Å². The number of aliphatic hydroxyl groups is 1. The molecule has 4 saturated heterocycles. The van der Waals surface area contributed by atoms with Crippen molar-refractivity contribution in [2.45, 2.75) is 159 Å². The van der Waals surface area contributed by atoms with Gasteiger partial charge in [0.15, 0.2) is 0 Å². The third-order valence-electron chi connectivity index (χ3n) is 9.93. The standard InChI is InChI=1S/C29H51NO3/c31-29-19-8-4-3-7-14-25-17-16-24-13-9-12-23(27(24)32-25)11-5-1-2-6-15-26-18-22-30(21-10-20-29)28(29)33-26/h23-28,31H,1-22H2/t23-,24?,25+,26+,27-,28-,29+/m0/s1. The average Bonchev–Trinajstić information content (AvgIpc) is 2.83. The second-order valence-corrected chi connectivity index (χ2v) is 12.3. The van der Waals surface area contributed by atoms with Crippen molar-refractivity contribution < 1.29 is 14.6 Å². The van der Waals surface area contributed by atoms with E-state index in [1.165, 1.54) is 96.3 Å². The minimum absolute atomic E-state index is 0.0533. The molecule has 4 nitrogen and oxygen atoms in total. The first-order valence-corrected chi connectivity index (χ1v) is 15.0. The van der Waals surface area contributed by atoms with Crippen LogP contribution in [0.3, 0.4) is 0 Å². The van der Waals surface area contributed by atoms with Crippen LogP contribution < -0.4 is 0 Å². The summed E-state index contributed by atoms with van der Waals surface area (Å²) in [6.07, 6.45) is 26.6. The number of piperidine rings is 1. The zero-order valence-corrected chi connectivity index (χ0v) is 21.2. The van der Waals surface area contributed by atoms with Crippen molar-refractivity contribution in [1.29, 1.82) is 0 Å². The largest absolute Gasteiger partial charge is 0.386 e. The zero-order valence-electron chi connectivity index (χ0n) is 21.2. The van der Waals surface area contributed by atoms with Crippen LogP contribution in [0.4, 0.5) is 0 Å². The molecule has 1 saturated carbocycles. The molecular formula is C29H51NO3. The van der Waals surface area contributed by atoms with Gasteiger partial charge in [-0.1, -0.05) is 57.8 Å². The summed E-state index contributed by atoms with van der Waals surface area (Å²) in [5.41, 5.74) is -0.630. The lowest BCUT2D eigenvalue weighted by atomic mass is 9.72. The average molecular weight is 462 g/mol. The normalized spacial score (nSPS) is 44.6. The van der Waals surface area contributed by atoms with E-state index in [0.29, 0.717) is 18.3 Å². The lowest BCUT2D eigenvalue weighted by Gasteiger charge is -2.51. The van der Waals surface area contributed by atoms with Crippen LogP contribution in [0, 0.1) is 11.8 Å². The van der Waals surface area contributed by atoms with Gasteiger partial charge in [0, 0.05) is 13.1 Å². The molecule has 4 heteroatoms. The highest BCUT2D eigenvalue weighted by Crippen LogP contribution is 2.42. The Bertz CT molecular complexity index is 599. The molecule has 0 aromatic rings. The summed E-state index contributed by atoms with van der Waals surface area (Å²) in [5, 5.41) is 11.6. The van der Waals surface area contributed by atoms with Crippen LogP contribution in [-0.4, -0.2) is 53.2 Å². The molecule has 4 aliphatic heterocycles. The van der Waals surface area contributed by atoms with E-state index >= 15 is 0 Å². The van der Waals surface area contributed by atoms with Crippen LogP contribution in [0.5, 0.6) is 0 Å². The minimum Gasteiger partial charge on any atom is -0.386 e. The van der Waals surface area contributed by atoms with Gasteiger partial charge in [0.2, 0.25) is 0 Å². The van der Waals surface area contributed by atoms with Gasteiger partial charge in [0.05, 0.1) is 18.3 Å². The van der Waals surface area contributed by atoms with Crippen LogP contribution in [0.25, 0.3) is 0 Å². The number of ether oxygens (including phenoxy) is 2. The molecule has 5 fully saturated rings. The van der Waals surface area contributed by atoms with Gasteiger partial charge in [-0.25, -0.2) is 0 Å². The molecule has 4 bridgehead atoms. The lowest BCUT2D eigenvalue weighted by Crippen LogP contribution is -2.61. The van der Waals surface area contributed by atoms with Crippen molar-refractivity contribution in [1.82, 2.24) is 4.90 Å². The molecule has 7 atom stereocenters. The van der Waals surface area contributed by atoms with Crippen LogP contribution in [0.2, 0.25) is 0 Å². The second kappa shape index (κ2) is 11.7. The smallest absolute Gasteiger partial charge is 0.140 e. The minimum atomic E-state index is -0.630. The molecule has 190 valence electrons. The molecule has 1 N–H and O–H groups in total. The van der Waals surface area contributed by atoms with E-state index in [-0.39, 0.29) is 6.23 Å². The zero-order chi connectivity index (χ0) is 22.5. The number of fused-ring (bicyclic) bond motifs is 2. The molecule has 1 unspecified atom stereocenters. The van der Waals surface area contributed by atoms with Crippen molar-refractivity contribution >= 4 is 0 Å². The maximum absolute atomic E-state index is 11.6. The van der Waals surface area contributed by atoms with Crippen LogP contribution >= 0.6 is 0 Å². The van der Waals surface area contributed by atoms with Gasteiger partial charge in [0.1, 0.15) is 11.8 Å². The van der Waals surface area contributed by atoms with Crippen molar-refractivity contribution in [3.05, 3.63) is 0 Å². The maximum atomic E-state index is 11.6. The van der Waals surface area contributed by atoms with Gasteiger partial charge in [-0.3, -0.25) is 4.90 Å². The van der Waals surface area contributed by atoms with Crippen LogP contribution in [0.15, 0.2) is 0 Å². The molecule has 0 aromatic carbocycles. The SMILES string of the molecule is O[C@]12CCCCCC[C@@H]3CCC4CCC[C@H](CCCCCC[C@@H]5CCN(CCC1)[C@H]2O5)[C@@H]4O3. The first-order valence-electron chi connectivity index (χ1n) is 15.0. The second-order valence-electron chi connectivity index (χ2n) is 12.3.